The molecular weight excluding hydrogens is 142 g/mol. The van der Waals surface area contributed by atoms with Crippen molar-refractivity contribution in [2.45, 2.75) is 38.1 Å². The van der Waals surface area contributed by atoms with Crippen LogP contribution in [0.3, 0.4) is 0 Å². The Balaban J connectivity index is 2.38. The first-order chi connectivity index (χ1) is 5.22. The van der Waals surface area contributed by atoms with Crippen LogP contribution in [0.4, 0.5) is 4.79 Å². The summed E-state index contributed by atoms with van der Waals surface area (Å²) >= 11 is 0. The number of nitrogens with zero attached hydrogens (tertiary/aromatic N) is 1. The third kappa shape index (κ3) is 2.10. The lowest BCUT2D eigenvalue weighted by Gasteiger charge is -2.27. The van der Waals surface area contributed by atoms with Gasteiger partial charge in [-0.1, -0.05) is 19.3 Å². The third-order valence-electron chi connectivity index (χ3n) is 2.41. The van der Waals surface area contributed by atoms with Crippen molar-refractivity contribution in [2.24, 2.45) is 0 Å². The van der Waals surface area contributed by atoms with Gasteiger partial charge in [0.15, 0.2) is 0 Å². The van der Waals surface area contributed by atoms with E-state index in [1.54, 1.807) is 7.05 Å². The molecule has 0 aliphatic heterocycles. The van der Waals surface area contributed by atoms with E-state index in [2.05, 4.69) is 0 Å². The number of hydrogen-bond acceptors (Lipinski definition) is 1. The SMILES string of the molecule is CN(C([O])=O)C1CCCCC1. The monoisotopic (exact) mass is 156 g/mol. The van der Waals surface area contributed by atoms with E-state index < -0.39 is 6.09 Å². The van der Waals surface area contributed by atoms with Gasteiger partial charge in [-0.25, -0.2) is 9.90 Å². The molecule has 0 unspecified atom stereocenters. The van der Waals surface area contributed by atoms with Crippen molar-refractivity contribution >= 4 is 6.09 Å². The molecule has 0 aromatic heterocycles. The fourth-order valence-electron chi connectivity index (χ4n) is 1.62. The lowest BCUT2D eigenvalue weighted by Crippen LogP contribution is -2.36. The summed E-state index contributed by atoms with van der Waals surface area (Å²) < 4.78 is 0. The standard InChI is InChI=1S/C8H14NO2/c1-9(8(10)11)7-5-3-2-4-6-7/h7H,2-6H2,1H3. The first-order valence-electron chi connectivity index (χ1n) is 4.15. The summed E-state index contributed by atoms with van der Waals surface area (Å²) in [5.74, 6) is 0. The zero-order valence-corrected chi connectivity index (χ0v) is 6.88. The number of rotatable bonds is 1. The summed E-state index contributed by atoms with van der Waals surface area (Å²) in [5, 5.41) is 10.4. The van der Waals surface area contributed by atoms with Crippen LogP contribution in [0.15, 0.2) is 0 Å². The van der Waals surface area contributed by atoms with Crippen LogP contribution in [-0.2, 0) is 5.11 Å². The van der Waals surface area contributed by atoms with E-state index in [1.807, 2.05) is 0 Å². The van der Waals surface area contributed by atoms with Crippen LogP contribution >= 0.6 is 0 Å². The Kier molecular flexibility index (Phi) is 2.74. The molecule has 11 heavy (non-hydrogen) atoms. The van der Waals surface area contributed by atoms with E-state index in [0.717, 1.165) is 25.7 Å². The van der Waals surface area contributed by atoms with Crippen LogP contribution in [0.2, 0.25) is 0 Å². The van der Waals surface area contributed by atoms with E-state index in [1.165, 1.54) is 11.3 Å². The van der Waals surface area contributed by atoms with Crippen LogP contribution in [-0.4, -0.2) is 24.1 Å². The molecule has 1 rings (SSSR count). The third-order valence-corrected chi connectivity index (χ3v) is 2.41. The smallest absolute Gasteiger partial charge is 0.305 e. The molecule has 0 aromatic rings. The van der Waals surface area contributed by atoms with Gasteiger partial charge in [-0.3, -0.25) is 0 Å². The van der Waals surface area contributed by atoms with Crippen molar-refractivity contribution in [3.63, 3.8) is 0 Å². The molecule has 0 atom stereocenters. The summed E-state index contributed by atoms with van der Waals surface area (Å²) in [6.45, 7) is 0. The maximum atomic E-state index is 10.4. The van der Waals surface area contributed by atoms with Gasteiger partial charge in [-0.2, -0.15) is 0 Å². The molecule has 1 aliphatic carbocycles. The first kappa shape index (κ1) is 8.37. The van der Waals surface area contributed by atoms with Crippen molar-refractivity contribution in [2.75, 3.05) is 7.05 Å². The Morgan fingerprint density at radius 3 is 2.27 bits per heavy atom. The quantitative estimate of drug-likeness (QED) is 0.570. The minimum Gasteiger partial charge on any atom is -0.305 e. The Hall–Kier alpha value is -0.730. The van der Waals surface area contributed by atoms with Gasteiger partial charge in [-0.05, 0) is 12.8 Å². The van der Waals surface area contributed by atoms with Crippen LogP contribution in [0.25, 0.3) is 0 Å². The largest absolute Gasteiger partial charge is 0.453 e. The van der Waals surface area contributed by atoms with E-state index >= 15 is 0 Å². The second-order valence-electron chi connectivity index (χ2n) is 3.17. The molecule has 3 nitrogen and oxygen atoms in total. The topological polar surface area (TPSA) is 40.2 Å². The lowest BCUT2D eigenvalue weighted by atomic mass is 9.95. The van der Waals surface area contributed by atoms with Crippen LogP contribution in [0, 0.1) is 0 Å². The van der Waals surface area contributed by atoms with E-state index in [4.69, 9.17) is 0 Å². The Morgan fingerprint density at radius 1 is 1.27 bits per heavy atom. The molecule has 0 bridgehead atoms. The second-order valence-corrected chi connectivity index (χ2v) is 3.17. The molecule has 1 saturated carbocycles. The molecule has 0 aromatic carbocycles. The van der Waals surface area contributed by atoms with Gasteiger partial charge >= 0.3 is 6.09 Å². The number of hydrogen-bond donors (Lipinski definition) is 0. The molecular formula is C8H14NO2. The van der Waals surface area contributed by atoms with Gasteiger partial charge in [-0.15, -0.1) is 0 Å². The fraction of sp³-hybridized carbons (Fsp3) is 0.875. The van der Waals surface area contributed by atoms with Crippen molar-refractivity contribution in [1.29, 1.82) is 0 Å². The molecule has 1 radical (unpaired) electrons. The average Bonchev–Trinajstić information content (AvgIpc) is 2.05. The highest BCUT2D eigenvalue weighted by Gasteiger charge is 2.21. The zero-order chi connectivity index (χ0) is 8.27. The highest BCUT2D eigenvalue weighted by molar-refractivity contribution is 5.64. The molecule has 0 N–H and O–H groups in total. The van der Waals surface area contributed by atoms with E-state index in [-0.39, 0.29) is 6.04 Å². The number of amides is 1. The minimum atomic E-state index is -1.04. The summed E-state index contributed by atoms with van der Waals surface area (Å²) in [6.07, 6.45) is 4.52. The average molecular weight is 156 g/mol. The second kappa shape index (κ2) is 3.60. The Labute approximate surface area is 67.0 Å². The van der Waals surface area contributed by atoms with Gasteiger partial charge < -0.3 is 4.90 Å². The van der Waals surface area contributed by atoms with Crippen LogP contribution in [0.1, 0.15) is 32.1 Å². The van der Waals surface area contributed by atoms with Crippen LogP contribution < -0.4 is 0 Å². The maximum absolute atomic E-state index is 10.4. The molecule has 0 heterocycles. The van der Waals surface area contributed by atoms with Gasteiger partial charge in [0, 0.05) is 13.1 Å². The van der Waals surface area contributed by atoms with Gasteiger partial charge in [0.1, 0.15) is 0 Å². The predicted octanol–water partition coefficient (Wildman–Crippen LogP) is 1.80. The van der Waals surface area contributed by atoms with Crippen molar-refractivity contribution < 1.29 is 9.90 Å². The van der Waals surface area contributed by atoms with Gasteiger partial charge in [0.05, 0.1) is 0 Å². The molecule has 1 amide bonds. The molecule has 1 aliphatic rings. The van der Waals surface area contributed by atoms with Crippen LogP contribution in [0.5, 0.6) is 0 Å². The first-order valence-corrected chi connectivity index (χ1v) is 4.15. The molecule has 3 heteroatoms. The van der Waals surface area contributed by atoms with E-state index in [0.29, 0.717) is 0 Å². The molecule has 63 valence electrons. The van der Waals surface area contributed by atoms with Gasteiger partial charge in [0.25, 0.3) is 0 Å². The highest BCUT2D eigenvalue weighted by atomic mass is 16.4. The van der Waals surface area contributed by atoms with Crippen molar-refractivity contribution in [3.05, 3.63) is 0 Å². The highest BCUT2D eigenvalue weighted by Crippen LogP contribution is 2.21. The predicted molar refractivity (Wildman–Crippen MR) is 40.7 cm³/mol. The van der Waals surface area contributed by atoms with Gasteiger partial charge in [0.2, 0.25) is 0 Å². The van der Waals surface area contributed by atoms with E-state index in [9.17, 15) is 9.90 Å². The lowest BCUT2D eigenvalue weighted by molar-refractivity contribution is 0.104. The maximum Gasteiger partial charge on any atom is 0.453 e. The zero-order valence-electron chi connectivity index (χ0n) is 6.88. The summed E-state index contributed by atoms with van der Waals surface area (Å²) in [4.78, 5) is 11.7. The van der Waals surface area contributed by atoms with Crippen molar-refractivity contribution in [1.82, 2.24) is 4.90 Å². The Bertz CT molecular complexity index is 141. The van der Waals surface area contributed by atoms with Crippen molar-refractivity contribution in [3.8, 4) is 0 Å². The summed E-state index contributed by atoms with van der Waals surface area (Å²) in [5.41, 5.74) is 0. The molecule has 1 fully saturated rings. The summed E-state index contributed by atoms with van der Waals surface area (Å²) in [6, 6.07) is 0.216. The summed E-state index contributed by atoms with van der Waals surface area (Å²) in [7, 11) is 1.60. The fourth-order valence-corrected chi connectivity index (χ4v) is 1.62. The molecule has 0 saturated heterocycles. The minimum absolute atomic E-state index is 0.216. The number of carbonyl (C=O) groups excluding carboxylic acids is 1. The Morgan fingerprint density at radius 2 is 1.82 bits per heavy atom. The molecule has 0 spiro atoms. The number of carbonyl (C=O) groups is 1. The normalized spacial score (nSPS) is 19.7.